The summed E-state index contributed by atoms with van der Waals surface area (Å²) in [5, 5.41) is 1.86. The molecule has 7 nitrogen and oxygen atoms in total. The highest BCUT2D eigenvalue weighted by Gasteiger charge is 2.57. The molecular weight excluding hydrogens is 470 g/mol. The van der Waals surface area contributed by atoms with Crippen LogP contribution in [0.3, 0.4) is 0 Å². The zero-order valence-electron chi connectivity index (χ0n) is 21.0. The fourth-order valence-corrected chi connectivity index (χ4v) is 5.03. The number of benzene rings is 3. The molecule has 2 heterocycles. The van der Waals surface area contributed by atoms with Gasteiger partial charge in [0.05, 0.1) is 45.6 Å². The van der Waals surface area contributed by atoms with Gasteiger partial charge in [0.25, 0.3) is 0 Å². The summed E-state index contributed by atoms with van der Waals surface area (Å²) in [7, 11) is 1.38. The minimum atomic E-state index is -0.676. The van der Waals surface area contributed by atoms with Crippen LogP contribution < -0.4 is 0 Å². The number of hydroxylamine groups is 2. The molecule has 2 saturated heterocycles. The number of fused-ring (bicyclic) bond motifs is 1. The molecule has 0 N–H and O–H groups in total. The zero-order chi connectivity index (χ0) is 25.5. The Bertz CT molecular complexity index is 1110. The summed E-state index contributed by atoms with van der Waals surface area (Å²) in [6.45, 7) is 1.70. The molecule has 2 aliphatic heterocycles. The largest absolute Gasteiger partial charge is 0.467 e. The van der Waals surface area contributed by atoms with Crippen LogP contribution in [0.4, 0.5) is 0 Å². The van der Waals surface area contributed by atoms with Crippen molar-refractivity contribution in [2.45, 2.75) is 56.6 Å². The van der Waals surface area contributed by atoms with Crippen LogP contribution in [0.2, 0.25) is 0 Å². The molecule has 0 amide bonds. The minimum Gasteiger partial charge on any atom is -0.467 e. The Balaban J connectivity index is 1.36. The summed E-state index contributed by atoms with van der Waals surface area (Å²) in [5.74, 6) is -0.387. The van der Waals surface area contributed by atoms with E-state index >= 15 is 0 Å². The van der Waals surface area contributed by atoms with Gasteiger partial charge in [-0.25, -0.2) is 4.79 Å². The average Bonchev–Trinajstić information content (AvgIpc) is 3.50. The van der Waals surface area contributed by atoms with Crippen LogP contribution in [0.15, 0.2) is 91.0 Å². The predicted octanol–water partition coefficient (Wildman–Crippen LogP) is 4.30. The first kappa shape index (κ1) is 25.6. The number of carbonyl (C=O) groups excluding carboxylic acids is 1. The van der Waals surface area contributed by atoms with Crippen molar-refractivity contribution in [3.8, 4) is 0 Å². The summed E-state index contributed by atoms with van der Waals surface area (Å²) in [6, 6.07) is 29.7. The van der Waals surface area contributed by atoms with Gasteiger partial charge in [-0.1, -0.05) is 91.0 Å². The van der Waals surface area contributed by atoms with Crippen LogP contribution in [-0.4, -0.2) is 55.1 Å². The molecule has 0 radical (unpaired) electrons. The van der Waals surface area contributed by atoms with Crippen molar-refractivity contribution in [1.82, 2.24) is 5.06 Å². The standard InChI is InChI=1S/C30H33NO6/c1-33-30(32)27-17-25-28(35-19-23-13-7-3-8-14-23)29(36-20-24-15-9-4-10-16-24)26(31(25)37-27)21-34-18-22-11-5-2-6-12-22/h2-16,25-29H,17-21H2,1H3/t25-,26-,27-,28-,29-/m0/s1. The van der Waals surface area contributed by atoms with Gasteiger partial charge in [0, 0.05) is 6.42 Å². The van der Waals surface area contributed by atoms with Gasteiger partial charge in [0.2, 0.25) is 0 Å². The predicted molar refractivity (Wildman–Crippen MR) is 137 cm³/mol. The van der Waals surface area contributed by atoms with E-state index in [1.807, 2.05) is 96.1 Å². The highest BCUT2D eigenvalue weighted by atomic mass is 16.7. The molecule has 3 aromatic rings. The first-order valence-corrected chi connectivity index (χ1v) is 12.7. The van der Waals surface area contributed by atoms with E-state index in [0.29, 0.717) is 32.8 Å². The molecule has 5 atom stereocenters. The van der Waals surface area contributed by atoms with E-state index in [0.717, 1.165) is 16.7 Å². The normalized spacial score (nSPS) is 25.2. The summed E-state index contributed by atoms with van der Waals surface area (Å²) in [5.41, 5.74) is 3.24. The van der Waals surface area contributed by atoms with E-state index < -0.39 is 6.10 Å². The number of hydrogen-bond acceptors (Lipinski definition) is 7. The fourth-order valence-electron chi connectivity index (χ4n) is 5.03. The topological polar surface area (TPSA) is 66.5 Å². The van der Waals surface area contributed by atoms with Crippen LogP contribution in [0.1, 0.15) is 23.1 Å². The maximum Gasteiger partial charge on any atom is 0.337 e. The molecule has 0 aromatic heterocycles. The number of ether oxygens (including phenoxy) is 4. The molecule has 0 unspecified atom stereocenters. The summed E-state index contributed by atoms with van der Waals surface area (Å²) in [6.07, 6.45) is -0.844. The molecule has 2 fully saturated rings. The molecule has 5 rings (SSSR count). The lowest BCUT2D eigenvalue weighted by Crippen LogP contribution is -2.43. The van der Waals surface area contributed by atoms with E-state index in [2.05, 4.69) is 0 Å². The van der Waals surface area contributed by atoms with Crippen molar-refractivity contribution in [2.75, 3.05) is 13.7 Å². The third kappa shape index (κ3) is 6.26. The number of carbonyl (C=O) groups is 1. The molecule has 2 aliphatic rings. The lowest BCUT2D eigenvalue weighted by molar-refractivity contribution is -0.207. The number of methoxy groups -OCH3 is 1. The van der Waals surface area contributed by atoms with Gasteiger partial charge in [0.1, 0.15) is 12.2 Å². The highest BCUT2D eigenvalue weighted by molar-refractivity contribution is 5.74. The van der Waals surface area contributed by atoms with E-state index in [4.69, 9.17) is 23.8 Å². The second-order valence-electron chi connectivity index (χ2n) is 9.37. The van der Waals surface area contributed by atoms with Crippen LogP contribution >= 0.6 is 0 Å². The van der Waals surface area contributed by atoms with Crippen molar-refractivity contribution in [3.05, 3.63) is 108 Å². The van der Waals surface area contributed by atoms with Gasteiger partial charge in [-0.05, 0) is 16.7 Å². The van der Waals surface area contributed by atoms with Crippen molar-refractivity contribution in [2.24, 2.45) is 0 Å². The van der Waals surface area contributed by atoms with Crippen LogP contribution in [0, 0.1) is 0 Å². The Morgan fingerprint density at radius 2 is 1.30 bits per heavy atom. The molecular formula is C30H33NO6. The fraction of sp³-hybridized carbons (Fsp3) is 0.367. The Kier molecular flexibility index (Phi) is 8.61. The average molecular weight is 504 g/mol. The zero-order valence-corrected chi connectivity index (χ0v) is 21.0. The van der Waals surface area contributed by atoms with Crippen molar-refractivity contribution < 1.29 is 28.6 Å². The molecule has 0 saturated carbocycles. The van der Waals surface area contributed by atoms with Crippen molar-refractivity contribution in [3.63, 3.8) is 0 Å². The first-order chi connectivity index (χ1) is 18.2. The molecule has 0 spiro atoms. The van der Waals surface area contributed by atoms with Crippen molar-refractivity contribution in [1.29, 1.82) is 0 Å². The van der Waals surface area contributed by atoms with E-state index in [-0.39, 0.29) is 30.3 Å². The summed E-state index contributed by atoms with van der Waals surface area (Å²) in [4.78, 5) is 18.5. The molecule has 37 heavy (non-hydrogen) atoms. The number of hydrogen-bond donors (Lipinski definition) is 0. The SMILES string of the molecule is COC(=O)[C@@H]1C[C@H]2[C@H](OCc3ccccc3)[C@@H](OCc3ccccc3)[C@H](COCc3ccccc3)N2O1. The molecule has 0 aliphatic carbocycles. The monoisotopic (exact) mass is 503 g/mol. The van der Waals surface area contributed by atoms with Crippen LogP contribution in [-0.2, 0) is 48.4 Å². The number of rotatable bonds is 11. The quantitative estimate of drug-likeness (QED) is 0.362. The number of nitrogens with zero attached hydrogens (tertiary/aromatic N) is 1. The van der Waals surface area contributed by atoms with Crippen LogP contribution in [0.25, 0.3) is 0 Å². The lowest BCUT2D eigenvalue weighted by Gasteiger charge is -2.28. The van der Waals surface area contributed by atoms with Crippen LogP contribution in [0.5, 0.6) is 0 Å². The Labute approximate surface area is 217 Å². The third-order valence-electron chi connectivity index (χ3n) is 6.88. The molecule has 0 bridgehead atoms. The van der Waals surface area contributed by atoms with Gasteiger partial charge >= 0.3 is 5.97 Å². The smallest absolute Gasteiger partial charge is 0.337 e. The summed E-state index contributed by atoms with van der Waals surface area (Å²) >= 11 is 0. The van der Waals surface area contributed by atoms with E-state index in [1.165, 1.54) is 7.11 Å². The lowest BCUT2D eigenvalue weighted by atomic mass is 10.0. The highest BCUT2D eigenvalue weighted by Crippen LogP contribution is 2.39. The van der Waals surface area contributed by atoms with Gasteiger partial charge in [-0.15, -0.1) is 0 Å². The van der Waals surface area contributed by atoms with Crippen molar-refractivity contribution >= 4 is 5.97 Å². The van der Waals surface area contributed by atoms with E-state index in [1.54, 1.807) is 0 Å². The number of esters is 1. The third-order valence-corrected chi connectivity index (χ3v) is 6.88. The molecule has 194 valence electrons. The molecule has 7 heteroatoms. The van der Waals surface area contributed by atoms with Gasteiger partial charge in [-0.3, -0.25) is 4.84 Å². The second kappa shape index (κ2) is 12.4. The Morgan fingerprint density at radius 1 is 0.784 bits per heavy atom. The first-order valence-electron chi connectivity index (χ1n) is 12.7. The summed E-state index contributed by atoms with van der Waals surface area (Å²) < 4.78 is 24.2. The minimum absolute atomic E-state index is 0.168. The second-order valence-corrected chi connectivity index (χ2v) is 9.37. The van der Waals surface area contributed by atoms with E-state index in [9.17, 15) is 4.79 Å². The van der Waals surface area contributed by atoms with Gasteiger partial charge < -0.3 is 18.9 Å². The Hall–Kier alpha value is -3.07. The van der Waals surface area contributed by atoms with Gasteiger partial charge in [0.15, 0.2) is 6.10 Å². The molecule has 3 aromatic carbocycles. The van der Waals surface area contributed by atoms with Gasteiger partial charge in [-0.2, -0.15) is 5.06 Å². The maximum absolute atomic E-state index is 12.4. The Morgan fingerprint density at radius 3 is 1.84 bits per heavy atom. The maximum atomic E-state index is 12.4.